The fraction of sp³-hybridized carbons (Fsp3) is 0.118. The summed E-state index contributed by atoms with van der Waals surface area (Å²) in [5, 5.41) is 3.56. The summed E-state index contributed by atoms with van der Waals surface area (Å²) in [6, 6.07) is 10.5. The number of hydrazone groups is 1. The van der Waals surface area contributed by atoms with Gasteiger partial charge in [-0.05, 0) is 42.8 Å². The number of primary amides is 1. The average molecular weight is 391 g/mol. The SMILES string of the molecule is COc1cc(/C=N/NC(=O)C(N)=O)ccc1OS(=O)(=O)c1ccc(C)cc1. The highest BCUT2D eigenvalue weighted by atomic mass is 32.2. The highest BCUT2D eigenvalue weighted by Crippen LogP contribution is 2.30. The molecule has 27 heavy (non-hydrogen) atoms. The number of aryl methyl sites for hydroxylation is 1. The van der Waals surface area contributed by atoms with Crippen LogP contribution in [0, 0.1) is 6.92 Å². The minimum Gasteiger partial charge on any atom is -0.493 e. The Hall–Kier alpha value is -3.40. The van der Waals surface area contributed by atoms with Crippen LogP contribution in [-0.2, 0) is 19.7 Å². The van der Waals surface area contributed by atoms with Gasteiger partial charge in [-0.1, -0.05) is 17.7 Å². The zero-order chi connectivity index (χ0) is 20.0. The third kappa shape index (κ3) is 5.28. The van der Waals surface area contributed by atoms with Gasteiger partial charge < -0.3 is 14.7 Å². The van der Waals surface area contributed by atoms with E-state index in [1.54, 1.807) is 12.1 Å². The standard InChI is InChI=1S/C17H17N3O6S/c1-11-3-6-13(7-4-11)27(23,24)26-14-8-5-12(9-15(14)25-2)10-19-20-17(22)16(18)21/h3-10H,1-2H3,(H2,18,21)(H,20,22)/b19-10+. The van der Waals surface area contributed by atoms with Crippen molar-refractivity contribution in [2.24, 2.45) is 10.8 Å². The second kappa shape index (κ2) is 8.32. The molecule has 0 aromatic heterocycles. The van der Waals surface area contributed by atoms with Gasteiger partial charge in [0.25, 0.3) is 0 Å². The zero-order valence-electron chi connectivity index (χ0n) is 14.5. The molecule has 0 aliphatic rings. The van der Waals surface area contributed by atoms with Gasteiger partial charge in [0.2, 0.25) is 0 Å². The molecule has 0 unspecified atom stereocenters. The van der Waals surface area contributed by atoms with E-state index < -0.39 is 21.9 Å². The van der Waals surface area contributed by atoms with Gasteiger partial charge in [0.15, 0.2) is 11.5 Å². The Bertz CT molecular complexity index is 984. The summed E-state index contributed by atoms with van der Waals surface area (Å²) in [6.45, 7) is 1.84. The molecular weight excluding hydrogens is 374 g/mol. The number of hydrogen-bond acceptors (Lipinski definition) is 7. The number of nitrogens with one attached hydrogen (secondary N) is 1. The molecule has 0 heterocycles. The van der Waals surface area contributed by atoms with E-state index in [1.807, 2.05) is 12.3 Å². The number of benzene rings is 2. The summed E-state index contributed by atoms with van der Waals surface area (Å²) in [4.78, 5) is 21.6. The van der Waals surface area contributed by atoms with E-state index in [1.165, 1.54) is 43.7 Å². The van der Waals surface area contributed by atoms with Crippen molar-refractivity contribution in [1.29, 1.82) is 0 Å². The number of nitrogens with two attached hydrogens (primary N) is 1. The Morgan fingerprint density at radius 2 is 1.78 bits per heavy atom. The number of ether oxygens (including phenoxy) is 1. The molecule has 0 atom stereocenters. The number of hydrogen-bond donors (Lipinski definition) is 2. The molecule has 0 saturated carbocycles. The molecule has 0 aliphatic heterocycles. The molecule has 9 nitrogen and oxygen atoms in total. The van der Waals surface area contributed by atoms with Gasteiger partial charge in [-0.15, -0.1) is 0 Å². The second-order valence-corrected chi connectivity index (χ2v) is 6.87. The fourth-order valence-corrected chi connectivity index (χ4v) is 2.86. The van der Waals surface area contributed by atoms with E-state index in [2.05, 4.69) is 5.10 Å². The predicted octanol–water partition coefficient (Wildman–Crippen LogP) is 0.707. The minimum atomic E-state index is -4.04. The van der Waals surface area contributed by atoms with Crippen LogP contribution in [0.1, 0.15) is 11.1 Å². The number of methoxy groups -OCH3 is 1. The Kier molecular flexibility index (Phi) is 6.14. The maximum Gasteiger partial charge on any atom is 0.339 e. The van der Waals surface area contributed by atoms with Gasteiger partial charge in [0.05, 0.1) is 13.3 Å². The van der Waals surface area contributed by atoms with Crippen molar-refractivity contribution in [3.63, 3.8) is 0 Å². The van der Waals surface area contributed by atoms with Crippen molar-refractivity contribution in [3.05, 3.63) is 53.6 Å². The monoisotopic (exact) mass is 391 g/mol. The van der Waals surface area contributed by atoms with Crippen LogP contribution in [0.15, 0.2) is 52.5 Å². The van der Waals surface area contributed by atoms with Crippen LogP contribution in [0.3, 0.4) is 0 Å². The Balaban J connectivity index is 2.21. The highest BCUT2D eigenvalue weighted by molar-refractivity contribution is 7.87. The van der Waals surface area contributed by atoms with Gasteiger partial charge in [-0.2, -0.15) is 13.5 Å². The van der Waals surface area contributed by atoms with Crippen LogP contribution < -0.4 is 20.1 Å². The fourth-order valence-electron chi connectivity index (χ4n) is 1.93. The number of carbonyl (C=O) groups excluding carboxylic acids is 2. The molecule has 0 radical (unpaired) electrons. The van der Waals surface area contributed by atoms with E-state index in [9.17, 15) is 18.0 Å². The molecule has 0 fully saturated rings. The van der Waals surface area contributed by atoms with Crippen LogP contribution in [0.2, 0.25) is 0 Å². The van der Waals surface area contributed by atoms with Crippen LogP contribution in [-0.4, -0.2) is 33.6 Å². The molecule has 0 aliphatic carbocycles. The molecular formula is C17H17N3O6S. The third-order valence-corrected chi connectivity index (χ3v) is 4.55. The summed E-state index contributed by atoms with van der Waals surface area (Å²) in [6.07, 6.45) is 1.22. The van der Waals surface area contributed by atoms with Crippen molar-refractivity contribution in [3.8, 4) is 11.5 Å². The summed E-state index contributed by atoms with van der Waals surface area (Å²) in [5.74, 6) is -2.12. The van der Waals surface area contributed by atoms with E-state index >= 15 is 0 Å². The van der Waals surface area contributed by atoms with Gasteiger partial charge >= 0.3 is 21.9 Å². The third-order valence-electron chi connectivity index (χ3n) is 3.30. The summed E-state index contributed by atoms with van der Waals surface area (Å²) in [5.41, 5.74) is 8.08. The first-order valence-electron chi connectivity index (χ1n) is 7.55. The Morgan fingerprint density at radius 1 is 1.11 bits per heavy atom. The summed E-state index contributed by atoms with van der Waals surface area (Å²) < 4.78 is 35.1. The number of rotatable bonds is 6. The molecule has 2 aromatic rings. The molecule has 142 valence electrons. The molecule has 2 aromatic carbocycles. The molecule has 0 saturated heterocycles. The van der Waals surface area contributed by atoms with E-state index in [-0.39, 0.29) is 16.4 Å². The molecule has 0 bridgehead atoms. The van der Waals surface area contributed by atoms with Crippen molar-refractivity contribution in [2.45, 2.75) is 11.8 Å². The van der Waals surface area contributed by atoms with E-state index in [0.717, 1.165) is 5.56 Å². The average Bonchev–Trinajstić information content (AvgIpc) is 2.62. The lowest BCUT2D eigenvalue weighted by molar-refractivity contribution is -0.137. The molecule has 2 amide bonds. The van der Waals surface area contributed by atoms with Gasteiger partial charge in [0, 0.05) is 0 Å². The maximum absolute atomic E-state index is 12.4. The normalized spacial score (nSPS) is 11.2. The summed E-state index contributed by atoms with van der Waals surface area (Å²) in [7, 11) is -2.69. The summed E-state index contributed by atoms with van der Waals surface area (Å²) >= 11 is 0. The Labute approximate surface area is 155 Å². The lowest BCUT2D eigenvalue weighted by Crippen LogP contribution is -2.32. The molecule has 3 N–H and O–H groups in total. The number of carbonyl (C=O) groups is 2. The molecule has 10 heteroatoms. The lowest BCUT2D eigenvalue weighted by Gasteiger charge is -2.11. The topological polar surface area (TPSA) is 137 Å². The second-order valence-electron chi connectivity index (χ2n) is 5.32. The van der Waals surface area contributed by atoms with Crippen LogP contribution in [0.4, 0.5) is 0 Å². The predicted molar refractivity (Wildman–Crippen MR) is 96.9 cm³/mol. The number of amides is 2. The van der Waals surface area contributed by atoms with Gasteiger partial charge in [-0.25, -0.2) is 5.43 Å². The first kappa shape index (κ1) is 19.9. The highest BCUT2D eigenvalue weighted by Gasteiger charge is 2.19. The van der Waals surface area contributed by atoms with E-state index in [4.69, 9.17) is 14.7 Å². The van der Waals surface area contributed by atoms with Crippen LogP contribution in [0.5, 0.6) is 11.5 Å². The van der Waals surface area contributed by atoms with Crippen LogP contribution >= 0.6 is 0 Å². The first-order chi connectivity index (χ1) is 12.7. The van der Waals surface area contributed by atoms with Gasteiger partial charge in [-0.3, -0.25) is 9.59 Å². The number of nitrogens with zero attached hydrogens (tertiary/aromatic N) is 1. The van der Waals surface area contributed by atoms with Crippen molar-refractivity contribution < 1.29 is 26.9 Å². The van der Waals surface area contributed by atoms with Crippen LogP contribution in [0.25, 0.3) is 0 Å². The van der Waals surface area contributed by atoms with Gasteiger partial charge in [0.1, 0.15) is 4.90 Å². The molecule has 2 rings (SSSR count). The minimum absolute atomic E-state index is 0.00922. The van der Waals surface area contributed by atoms with Crippen molar-refractivity contribution in [1.82, 2.24) is 5.43 Å². The Morgan fingerprint density at radius 3 is 2.37 bits per heavy atom. The lowest BCUT2D eigenvalue weighted by atomic mass is 10.2. The maximum atomic E-state index is 12.4. The largest absolute Gasteiger partial charge is 0.493 e. The molecule has 0 spiro atoms. The van der Waals surface area contributed by atoms with E-state index in [0.29, 0.717) is 5.56 Å². The van der Waals surface area contributed by atoms with Crippen molar-refractivity contribution >= 4 is 28.1 Å². The smallest absolute Gasteiger partial charge is 0.339 e. The first-order valence-corrected chi connectivity index (χ1v) is 8.96. The zero-order valence-corrected chi connectivity index (χ0v) is 15.3. The van der Waals surface area contributed by atoms with Crippen molar-refractivity contribution in [2.75, 3.05) is 7.11 Å². The quantitative estimate of drug-likeness (QED) is 0.322.